The second kappa shape index (κ2) is 10.9. The average Bonchev–Trinajstić information content (AvgIpc) is 3.86. The van der Waals surface area contributed by atoms with Crippen LogP contribution in [0.4, 0.5) is 5.69 Å². The fourth-order valence-electron chi connectivity index (χ4n) is 8.70. The molecular weight excluding hydrogens is 647 g/mol. The fourth-order valence-corrected chi connectivity index (χ4v) is 8.70. The minimum atomic E-state index is 0.469. The number of hydrogen-bond donors (Lipinski definition) is 0. The summed E-state index contributed by atoms with van der Waals surface area (Å²) in [5.74, 6) is 0. The molecule has 0 saturated heterocycles. The van der Waals surface area contributed by atoms with Gasteiger partial charge in [-0.1, -0.05) is 115 Å². The highest BCUT2D eigenvalue weighted by atomic mass is 15.1. The molecule has 0 radical (unpaired) electrons. The molecule has 0 fully saturated rings. The van der Waals surface area contributed by atoms with Crippen molar-refractivity contribution in [2.24, 2.45) is 0 Å². The molecule has 0 bridgehead atoms. The van der Waals surface area contributed by atoms with Crippen molar-refractivity contribution in [1.29, 1.82) is 5.26 Å². The van der Waals surface area contributed by atoms with Crippen LogP contribution in [0.3, 0.4) is 0 Å². The van der Waals surface area contributed by atoms with Gasteiger partial charge in [0.05, 0.1) is 56.6 Å². The number of benzene rings is 8. The number of nitrogens with zero attached hydrogens (tertiary/aromatic N) is 5. The molecule has 0 aliphatic heterocycles. The Morgan fingerprint density at radius 3 is 1.70 bits per heavy atom. The third-order valence-electron chi connectivity index (χ3n) is 10.9. The third-order valence-corrected chi connectivity index (χ3v) is 10.9. The summed E-state index contributed by atoms with van der Waals surface area (Å²) in [6.45, 7) is 8.58. The molecule has 11 aromatic rings. The van der Waals surface area contributed by atoms with Crippen LogP contribution in [0.1, 0.15) is 5.56 Å². The van der Waals surface area contributed by atoms with Crippen LogP contribution in [0, 0.1) is 17.9 Å². The summed E-state index contributed by atoms with van der Waals surface area (Å²) in [4.78, 5) is 4.17. The van der Waals surface area contributed by atoms with Crippen LogP contribution >= 0.6 is 0 Å². The van der Waals surface area contributed by atoms with Gasteiger partial charge in [0.1, 0.15) is 6.07 Å². The van der Waals surface area contributed by atoms with Crippen molar-refractivity contribution in [3.63, 3.8) is 0 Å². The lowest BCUT2D eigenvalue weighted by Crippen LogP contribution is -2.03. The van der Waals surface area contributed by atoms with E-state index in [1.54, 1.807) is 0 Å². The topological polar surface area (TPSA) is 42.9 Å². The predicted molar refractivity (Wildman–Crippen MR) is 218 cm³/mol. The van der Waals surface area contributed by atoms with E-state index in [4.69, 9.17) is 6.57 Å². The number of rotatable bonds is 3. The Bertz CT molecular complexity index is 3420. The van der Waals surface area contributed by atoms with Gasteiger partial charge in [-0.2, -0.15) is 5.26 Å². The van der Waals surface area contributed by atoms with Crippen LogP contribution in [0.25, 0.3) is 98.1 Å². The molecule has 0 N–H and O–H groups in total. The summed E-state index contributed by atoms with van der Waals surface area (Å²) >= 11 is 0. The molecule has 0 saturated carbocycles. The Kier molecular flexibility index (Phi) is 6.02. The molecule has 0 unspecified atom stereocenters. The highest BCUT2D eigenvalue weighted by Gasteiger charge is 2.24. The van der Waals surface area contributed by atoms with Gasteiger partial charge < -0.3 is 13.7 Å². The maximum absolute atomic E-state index is 11.0. The second-order valence-electron chi connectivity index (χ2n) is 13.5. The molecule has 11 rings (SSSR count). The quantitative estimate of drug-likeness (QED) is 0.172. The van der Waals surface area contributed by atoms with E-state index in [1.165, 1.54) is 0 Å². The molecule has 5 nitrogen and oxygen atoms in total. The standard InChI is InChI=1S/C48H27N5/c1-50-39-28-44(31(29-49)27-45(39)52-42-22-12-9-19-38(42)46-33-16-6-5-13-30(33)23-26-43(46)52)53-41-21-11-8-18-35(41)37-25-24-36-34-17-7-10-20-40(34)51(47(36)48(37)53)32-14-3-2-4-15-32/h2-28H. The van der Waals surface area contributed by atoms with Crippen LogP contribution in [0.2, 0.25) is 0 Å². The van der Waals surface area contributed by atoms with E-state index in [2.05, 4.69) is 158 Å². The lowest BCUT2D eigenvalue weighted by atomic mass is 10.0. The Balaban J connectivity index is 1.29. The SMILES string of the molecule is [C-]#[N+]c1cc(-n2c3ccccc3c3ccc4c5ccccc5n(-c5ccccc5)c4c32)c(C#N)cc1-n1c2ccccc2c2c3ccccc3ccc21. The molecule has 0 amide bonds. The molecule has 0 atom stereocenters. The van der Waals surface area contributed by atoms with Crippen molar-refractivity contribution in [1.82, 2.24) is 13.7 Å². The van der Waals surface area contributed by atoms with E-state index >= 15 is 0 Å². The van der Waals surface area contributed by atoms with Crippen molar-refractivity contribution in [3.05, 3.63) is 181 Å². The number of aromatic nitrogens is 3. The molecule has 0 spiro atoms. The highest BCUT2D eigenvalue weighted by Crippen LogP contribution is 2.44. The van der Waals surface area contributed by atoms with E-state index in [0.29, 0.717) is 22.6 Å². The van der Waals surface area contributed by atoms with Crippen molar-refractivity contribution in [3.8, 4) is 23.1 Å². The van der Waals surface area contributed by atoms with Crippen LogP contribution in [-0.2, 0) is 0 Å². The van der Waals surface area contributed by atoms with Crippen LogP contribution < -0.4 is 0 Å². The van der Waals surface area contributed by atoms with Gasteiger partial charge in [0.15, 0.2) is 0 Å². The van der Waals surface area contributed by atoms with Gasteiger partial charge >= 0.3 is 0 Å². The number of para-hydroxylation sites is 4. The van der Waals surface area contributed by atoms with E-state index in [-0.39, 0.29) is 0 Å². The van der Waals surface area contributed by atoms with Crippen molar-refractivity contribution < 1.29 is 0 Å². The molecule has 0 aliphatic carbocycles. The third kappa shape index (κ3) is 3.94. The Morgan fingerprint density at radius 2 is 1.02 bits per heavy atom. The molecule has 5 heteroatoms. The summed E-state index contributed by atoms with van der Waals surface area (Å²) in [6, 6.07) is 59.2. The molecule has 3 aromatic heterocycles. The van der Waals surface area contributed by atoms with Crippen LogP contribution in [0.15, 0.2) is 164 Å². The van der Waals surface area contributed by atoms with Gasteiger partial charge in [-0.05, 0) is 59.3 Å². The molecular formula is C48H27N5. The molecule has 3 heterocycles. The molecule has 8 aromatic carbocycles. The Morgan fingerprint density at radius 1 is 0.453 bits per heavy atom. The van der Waals surface area contributed by atoms with Gasteiger partial charge in [-0.15, -0.1) is 0 Å². The normalized spacial score (nSPS) is 11.7. The number of hydrogen-bond acceptors (Lipinski definition) is 1. The van der Waals surface area contributed by atoms with Crippen LogP contribution in [-0.4, -0.2) is 13.7 Å². The van der Waals surface area contributed by atoms with Crippen molar-refractivity contribution in [2.75, 3.05) is 0 Å². The fraction of sp³-hybridized carbons (Fsp3) is 0. The maximum Gasteiger partial charge on any atom is 0.212 e. The summed E-state index contributed by atoms with van der Waals surface area (Å²) in [7, 11) is 0. The largest absolute Gasteiger partial charge is 0.319 e. The lowest BCUT2D eigenvalue weighted by molar-refractivity contribution is 1.13. The summed E-state index contributed by atoms with van der Waals surface area (Å²) < 4.78 is 6.70. The zero-order valence-electron chi connectivity index (χ0n) is 28.3. The second-order valence-corrected chi connectivity index (χ2v) is 13.5. The van der Waals surface area contributed by atoms with Gasteiger partial charge in [0, 0.05) is 38.0 Å². The smallest absolute Gasteiger partial charge is 0.212 e. The van der Waals surface area contributed by atoms with E-state index in [9.17, 15) is 5.26 Å². The number of nitriles is 1. The molecule has 244 valence electrons. The zero-order chi connectivity index (χ0) is 35.2. The minimum Gasteiger partial charge on any atom is -0.319 e. The molecule has 53 heavy (non-hydrogen) atoms. The first-order valence-electron chi connectivity index (χ1n) is 17.6. The van der Waals surface area contributed by atoms with Gasteiger partial charge in [0.25, 0.3) is 0 Å². The first-order valence-corrected chi connectivity index (χ1v) is 17.6. The van der Waals surface area contributed by atoms with Gasteiger partial charge in [0.2, 0.25) is 5.69 Å². The monoisotopic (exact) mass is 673 g/mol. The zero-order valence-corrected chi connectivity index (χ0v) is 28.3. The van der Waals surface area contributed by atoms with E-state index < -0.39 is 0 Å². The lowest BCUT2D eigenvalue weighted by Gasteiger charge is -2.17. The predicted octanol–water partition coefficient (Wildman–Crippen LogP) is 12.6. The van der Waals surface area contributed by atoms with Crippen molar-refractivity contribution in [2.45, 2.75) is 0 Å². The summed E-state index contributed by atoms with van der Waals surface area (Å²) in [6.07, 6.45) is 0. The molecule has 0 aliphatic rings. The first-order chi connectivity index (χ1) is 26.2. The summed E-state index contributed by atoms with van der Waals surface area (Å²) in [5, 5.41) is 20.0. The van der Waals surface area contributed by atoms with Gasteiger partial charge in [-0.3, -0.25) is 0 Å². The average molecular weight is 674 g/mol. The number of fused-ring (bicyclic) bond motifs is 12. The highest BCUT2D eigenvalue weighted by molar-refractivity contribution is 6.24. The first kappa shape index (κ1) is 29.2. The van der Waals surface area contributed by atoms with Crippen LogP contribution in [0.5, 0.6) is 0 Å². The van der Waals surface area contributed by atoms with E-state index in [1.807, 2.05) is 30.3 Å². The maximum atomic E-state index is 11.0. The van der Waals surface area contributed by atoms with E-state index in [0.717, 1.165) is 81.9 Å². The Labute approximate surface area is 303 Å². The summed E-state index contributed by atoms with van der Waals surface area (Å²) in [5.41, 5.74) is 9.49. The van der Waals surface area contributed by atoms with Gasteiger partial charge in [-0.25, -0.2) is 4.85 Å². The van der Waals surface area contributed by atoms with Crippen molar-refractivity contribution >= 4 is 81.9 Å². The Hall–Kier alpha value is -7.60. The minimum absolute atomic E-state index is 0.469.